The van der Waals surface area contributed by atoms with Crippen molar-refractivity contribution in [3.63, 3.8) is 0 Å². The Morgan fingerprint density at radius 2 is 1.69 bits per heavy atom. The van der Waals surface area contributed by atoms with E-state index in [4.69, 9.17) is 0 Å². The summed E-state index contributed by atoms with van der Waals surface area (Å²) in [7, 11) is 0. The van der Waals surface area contributed by atoms with E-state index in [0.29, 0.717) is 0 Å². The molecule has 0 nitrogen and oxygen atoms in total. The van der Waals surface area contributed by atoms with Crippen LogP contribution in [0.5, 0.6) is 0 Å². The Morgan fingerprint density at radius 3 is 2.31 bits per heavy atom. The molecule has 0 heteroatoms. The quantitative estimate of drug-likeness (QED) is 0.549. The summed E-state index contributed by atoms with van der Waals surface area (Å²) in [4.78, 5) is 0. The van der Waals surface area contributed by atoms with Gasteiger partial charge >= 0.3 is 0 Å². The summed E-state index contributed by atoms with van der Waals surface area (Å²) in [5, 5.41) is 0. The van der Waals surface area contributed by atoms with Crippen molar-refractivity contribution >= 4 is 0 Å². The molecule has 0 saturated heterocycles. The van der Waals surface area contributed by atoms with Crippen LogP contribution in [-0.2, 0) is 0 Å². The minimum absolute atomic E-state index is 1.06. The topological polar surface area (TPSA) is 0 Å². The van der Waals surface area contributed by atoms with E-state index in [1.165, 1.54) is 57.8 Å². The minimum Gasteiger partial charge on any atom is -0.0654 e. The van der Waals surface area contributed by atoms with Crippen molar-refractivity contribution in [3.05, 3.63) is 0 Å². The average molecular weight is 182 g/mol. The first-order valence-corrected chi connectivity index (χ1v) is 6.36. The smallest absolute Gasteiger partial charge is 0.0412 e. The Hall–Kier alpha value is 0. The van der Waals surface area contributed by atoms with Crippen LogP contribution in [0.4, 0.5) is 0 Å². The van der Waals surface area contributed by atoms with E-state index >= 15 is 0 Å². The molecule has 0 N–H and O–H groups in total. The van der Waals surface area contributed by atoms with Crippen LogP contribution in [-0.4, -0.2) is 0 Å². The number of hydrogen-bond donors (Lipinski definition) is 0. The maximum absolute atomic E-state index is 2.37. The highest BCUT2D eigenvalue weighted by atomic mass is 14.2. The van der Waals surface area contributed by atoms with E-state index in [9.17, 15) is 0 Å². The zero-order chi connectivity index (χ0) is 9.52. The van der Waals surface area contributed by atoms with Gasteiger partial charge in [0.25, 0.3) is 0 Å². The lowest BCUT2D eigenvalue weighted by Gasteiger charge is -2.18. The Bertz CT molecular complexity index is 117. The van der Waals surface area contributed by atoms with Crippen LogP contribution < -0.4 is 0 Å². The minimum atomic E-state index is 1.06. The molecule has 0 amide bonds. The zero-order valence-corrected chi connectivity index (χ0v) is 9.52. The summed E-state index contributed by atoms with van der Waals surface area (Å²) < 4.78 is 0. The van der Waals surface area contributed by atoms with E-state index in [0.717, 1.165) is 11.8 Å². The molecule has 0 radical (unpaired) electrons. The van der Waals surface area contributed by atoms with Gasteiger partial charge in [-0.25, -0.2) is 0 Å². The van der Waals surface area contributed by atoms with E-state index in [2.05, 4.69) is 13.8 Å². The molecule has 0 bridgehead atoms. The molecule has 0 aromatic carbocycles. The van der Waals surface area contributed by atoms with Crippen LogP contribution in [0.1, 0.15) is 71.6 Å². The van der Waals surface area contributed by atoms with Crippen LogP contribution >= 0.6 is 0 Å². The highest BCUT2D eigenvalue weighted by molar-refractivity contribution is 4.70. The van der Waals surface area contributed by atoms with Gasteiger partial charge in [0.05, 0.1) is 0 Å². The van der Waals surface area contributed by atoms with Gasteiger partial charge in [-0.3, -0.25) is 0 Å². The second-order valence-corrected chi connectivity index (χ2v) is 4.80. The summed E-state index contributed by atoms with van der Waals surface area (Å²) in [6.07, 6.45) is 13.3. The normalized spacial score (nSPS) is 30.0. The number of hydrogen-bond acceptors (Lipinski definition) is 0. The van der Waals surface area contributed by atoms with Crippen molar-refractivity contribution in [1.29, 1.82) is 0 Å². The molecular formula is C13H26. The largest absolute Gasteiger partial charge is 0.0654 e. The molecule has 0 heterocycles. The van der Waals surface area contributed by atoms with Crippen molar-refractivity contribution in [3.8, 4) is 0 Å². The molecule has 0 aromatic heterocycles. The van der Waals surface area contributed by atoms with Gasteiger partial charge in [0.2, 0.25) is 0 Å². The molecule has 2 atom stereocenters. The molecule has 13 heavy (non-hydrogen) atoms. The van der Waals surface area contributed by atoms with Gasteiger partial charge in [-0.2, -0.15) is 0 Å². The van der Waals surface area contributed by atoms with Crippen LogP contribution in [0.2, 0.25) is 0 Å². The summed E-state index contributed by atoms with van der Waals surface area (Å²) in [6, 6.07) is 0. The second kappa shape index (κ2) is 6.45. The molecule has 0 aliphatic heterocycles. The highest BCUT2D eigenvalue weighted by Crippen LogP contribution is 2.32. The van der Waals surface area contributed by atoms with E-state index < -0.39 is 0 Å². The summed E-state index contributed by atoms with van der Waals surface area (Å²) >= 11 is 0. The Kier molecular flexibility index (Phi) is 5.50. The number of rotatable bonds is 4. The van der Waals surface area contributed by atoms with Crippen molar-refractivity contribution < 1.29 is 0 Å². The molecule has 0 spiro atoms. The fraction of sp³-hybridized carbons (Fsp3) is 1.00. The maximum Gasteiger partial charge on any atom is -0.0412 e. The zero-order valence-electron chi connectivity index (χ0n) is 9.52. The molecule has 1 fully saturated rings. The molecular weight excluding hydrogens is 156 g/mol. The molecule has 0 aromatic rings. The Morgan fingerprint density at radius 1 is 1.00 bits per heavy atom. The molecule has 2 unspecified atom stereocenters. The van der Waals surface area contributed by atoms with Crippen molar-refractivity contribution in [2.75, 3.05) is 0 Å². The van der Waals surface area contributed by atoms with Crippen LogP contribution in [0.15, 0.2) is 0 Å². The van der Waals surface area contributed by atoms with Crippen molar-refractivity contribution in [2.45, 2.75) is 71.6 Å². The van der Waals surface area contributed by atoms with Crippen molar-refractivity contribution in [1.82, 2.24) is 0 Å². The van der Waals surface area contributed by atoms with Crippen LogP contribution in [0.25, 0.3) is 0 Å². The SMILES string of the molecule is CCCCC1CCCCC(CC)C1. The van der Waals surface area contributed by atoms with E-state index in [-0.39, 0.29) is 0 Å². The first-order valence-electron chi connectivity index (χ1n) is 6.36. The van der Waals surface area contributed by atoms with E-state index in [1.807, 2.05) is 0 Å². The lowest BCUT2D eigenvalue weighted by atomic mass is 9.88. The lowest BCUT2D eigenvalue weighted by molar-refractivity contribution is 0.343. The predicted molar refractivity (Wildman–Crippen MR) is 59.9 cm³/mol. The predicted octanol–water partition coefficient (Wildman–Crippen LogP) is 4.78. The Balaban J connectivity index is 2.26. The van der Waals surface area contributed by atoms with Crippen LogP contribution in [0.3, 0.4) is 0 Å². The third-order valence-electron chi connectivity index (χ3n) is 3.68. The lowest BCUT2D eigenvalue weighted by Crippen LogP contribution is -2.05. The molecule has 1 aliphatic rings. The highest BCUT2D eigenvalue weighted by Gasteiger charge is 2.18. The van der Waals surface area contributed by atoms with Crippen LogP contribution in [0, 0.1) is 11.8 Å². The number of unbranched alkanes of at least 4 members (excludes halogenated alkanes) is 1. The summed E-state index contributed by atoms with van der Waals surface area (Å²) in [5.41, 5.74) is 0. The molecule has 1 aliphatic carbocycles. The molecule has 1 rings (SSSR count). The third kappa shape index (κ3) is 4.15. The Labute approximate surface area is 84.1 Å². The maximum atomic E-state index is 2.37. The summed E-state index contributed by atoms with van der Waals surface area (Å²) in [5.74, 6) is 2.14. The van der Waals surface area contributed by atoms with Gasteiger partial charge in [0.15, 0.2) is 0 Å². The second-order valence-electron chi connectivity index (χ2n) is 4.80. The van der Waals surface area contributed by atoms with Gasteiger partial charge in [-0.1, -0.05) is 65.2 Å². The standard InChI is InChI=1S/C13H26/c1-3-5-8-13-10-7-6-9-12(4-2)11-13/h12-13H,3-11H2,1-2H3. The van der Waals surface area contributed by atoms with Gasteiger partial charge in [-0.15, -0.1) is 0 Å². The monoisotopic (exact) mass is 182 g/mol. The molecule has 1 saturated carbocycles. The van der Waals surface area contributed by atoms with Gasteiger partial charge in [-0.05, 0) is 18.3 Å². The van der Waals surface area contributed by atoms with E-state index in [1.54, 1.807) is 0 Å². The fourth-order valence-corrected chi connectivity index (χ4v) is 2.70. The molecule has 78 valence electrons. The van der Waals surface area contributed by atoms with Crippen molar-refractivity contribution in [2.24, 2.45) is 11.8 Å². The fourth-order valence-electron chi connectivity index (χ4n) is 2.70. The van der Waals surface area contributed by atoms with Gasteiger partial charge in [0, 0.05) is 0 Å². The first-order chi connectivity index (χ1) is 6.36. The van der Waals surface area contributed by atoms with Gasteiger partial charge < -0.3 is 0 Å². The van der Waals surface area contributed by atoms with Gasteiger partial charge in [0.1, 0.15) is 0 Å². The first kappa shape index (κ1) is 11.1. The third-order valence-corrected chi connectivity index (χ3v) is 3.68. The average Bonchev–Trinajstić information content (AvgIpc) is 2.39. The summed E-state index contributed by atoms with van der Waals surface area (Å²) in [6.45, 7) is 4.68.